The Balaban J connectivity index is 2.22. The predicted molar refractivity (Wildman–Crippen MR) is 62.1 cm³/mol. The molecule has 1 aromatic carbocycles. The van der Waals surface area contributed by atoms with Crippen LogP contribution in [0.1, 0.15) is 31.4 Å². The largest absolute Gasteiger partial charge is 0.480 e. The van der Waals surface area contributed by atoms with Crippen LogP contribution in [-0.4, -0.2) is 28.6 Å². The van der Waals surface area contributed by atoms with Crippen LogP contribution in [0, 0.1) is 11.6 Å². The van der Waals surface area contributed by atoms with E-state index in [0.29, 0.717) is 18.5 Å². The first kappa shape index (κ1) is 13.0. The topological polar surface area (TPSA) is 40.5 Å². The highest BCUT2D eigenvalue weighted by Crippen LogP contribution is 2.29. The molecule has 1 fully saturated rings. The van der Waals surface area contributed by atoms with Crippen LogP contribution in [0.5, 0.6) is 0 Å². The summed E-state index contributed by atoms with van der Waals surface area (Å²) < 4.78 is 26.0. The number of hydrogen-bond acceptors (Lipinski definition) is 2. The van der Waals surface area contributed by atoms with Gasteiger partial charge in [-0.3, -0.25) is 9.69 Å². The van der Waals surface area contributed by atoms with E-state index < -0.39 is 23.6 Å². The molecule has 5 heteroatoms. The third kappa shape index (κ3) is 2.36. The van der Waals surface area contributed by atoms with Crippen LogP contribution in [0.3, 0.4) is 0 Å². The highest BCUT2D eigenvalue weighted by molar-refractivity contribution is 5.73. The van der Waals surface area contributed by atoms with E-state index in [9.17, 15) is 13.6 Å². The van der Waals surface area contributed by atoms with Gasteiger partial charge in [-0.1, -0.05) is 6.07 Å². The maximum Gasteiger partial charge on any atom is 0.320 e. The maximum absolute atomic E-state index is 13.2. The van der Waals surface area contributed by atoms with Crippen molar-refractivity contribution in [1.82, 2.24) is 4.90 Å². The zero-order valence-electron chi connectivity index (χ0n) is 10.1. The number of carboxylic acid groups (broad SMARTS) is 1. The van der Waals surface area contributed by atoms with Gasteiger partial charge in [-0.05, 0) is 44.0 Å². The summed E-state index contributed by atoms with van der Waals surface area (Å²) in [4.78, 5) is 12.9. The molecule has 0 bridgehead atoms. The Bertz CT molecular complexity index is 464. The zero-order valence-corrected chi connectivity index (χ0v) is 10.1. The molecule has 0 radical (unpaired) electrons. The Hall–Kier alpha value is -1.49. The van der Waals surface area contributed by atoms with Crippen molar-refractivity contribution in [1.29, 1.82) is 0 Å². The fourth-order valence-corrected chi connectivity index (χ4v) is 2.48. The zero-order chi connectivity index (χ0) is 13.3. The Morgan fingerprint density at radius 1 is 1.44 bits per heavy atom. The van der Waals surface area contributed by atoms with Crippen molar-refractivity contribution in [2.45, 2.75) is 31.8 Å². The van der Waals surface area contributed by atoms with Crippen molar-refractivity contribution in [2.24, 2.45) is 0 Å². The molecule has 0 amide bonds. The Kier molecular flexibility index (Phi) is 3.61. The first-order valence-corrected chi connectivity index (χ1v) is 5.94. The monoisotopic (exact) mass is 255 g/mol. The van der Waals surface area contributed by atoms with Crippen molar-refractivity contribution in [3.05, 3.63) is 35.4 Å². The number of carbonyl (C=O) groups is 1. The molecule has 3 nitrogen and oxygen atoms in total. The molecule has 2 atom stereocenters. The molecule has 0 saturated carbocycles. The van der Waals surface area contributed by atoms with Gasteiger partial charge in [0.25, 0.3) is 0 Å². The number of likely N-dealkylation sites (tertiary alicyclic amines) is 1. The van der Waals surface area contributed by atoms with Crippen LogP contribution in [-0.2, 0) is 4.79 Å². The quantitative estimate of drug-likeness (QED) is 0.902. The second-order valence-corrected chi connectivity index (χ2v) is 4.58. The predicted octanol–water partition coefficient (Wildman–Crippen LogP) is 2.57. The van der Waals surface area contributed by atoms with Crippen LogP contribution in [0.25, 0.3) is 0 Å². The molecule has 2 rings (SSSR count). The summed E-state index contributed by atoms with van der Waals surface area (Å²) in [7, 11) is 0. The fraction of sp³-hybridized carbons (Fsp3) is 0.462. The maximum atomic E-state index is 13.2. The number of carboxylic acids is 1. The van der Waals surface area contributed by atoms with Gasteiger partial charge in [0.2, 0.25) is 0 Å². The number of nitrogens with zero attached hydrogens (tertiary/aromatic N) is 1. The van der Waals surface area contributed by atoms with Crippen molar-refractivity contribution in [3.8, 4) is 0 Å². The van der Waals surface area contributed by atoms with Crippen LogP contribution < -0.4 is 0 Å². The van der Waals surface area contributed by atoms with Gasteiger partial charge in [-0.25, -0.2) is 8.78 Å². The lowest BCUT2D eigenvalue weighted by Crippen LogP contribution is -2.37. The SMILES string of the molecule is CC(c1ccc(F)c(F)c1)N1CCCC1C(=O)O. The third-order valence-electron chi connectivity index (χ3n) is 3.50. The molecule has 1 aromatic rings. The number of benzene rings is 1. The Morgan fingerprint density at radius 3 is 2.78 bits per heavy atom. The van der Waals surface area contributed by atoms with E-state index >= 15 is 0 Å². The number of hydrogen-bond donors (Lipinski definition) is 1. The molecular formula is C13H15F2NO2. The smallest absolute Gasteiger partial charge is 0.320 e. The molecule has 1 aliphatic heterocycles. The third-order valence-corrected chi connectivity index (χ3v) is 3.50. The number of halogens is 2. The summed E-state index contributed by atoms with van der Waals surface area (Å²) in [5.41, 5.74) is 0.599. The minimum atomic E-state index is -0.898. The van der Waals surface area contributed by atoms with Crippen LogP contribution in [0.2, 0.25) is 0 Å². The first-order chi connectivity index (χ1) is 8.50. The lowest BCUT2D eigenvalue weighted by molar-refractivity contribution is -0.142. The highest BCUT2D eigenvalue weighted by Gasteiger charge is 2.34. The second-order valence-electron chi connectivity index (χ2n) is 4.58. The summed E-state index contributed by atoms with van der Waals surface area (Å²) in [6.45, 7) is 2.48. The van der Waals surface area contributed by atoms with Gasteiger partial charge in [0.15, 0.2) is 11.6 Å². The van der Waals surface area contributed by atoms with Gasteiger partial charge in [-0.2, -0.15) is 0 Å². The summed E-state index contributed by atoms with van der Waals surface area (Å²) >= 11 is 0. The van der Waals surface area contributed by atoms with Crippen molar-refractivity contribution >= 4 is 5.97 Å². The minimum absolute atomic E-state index is 0.233. The van der Waals surface area contributed by atoms with Gasteiger partial charge in [-0.15, -0.1) is 0 Å². The molecule has 0 spiro atoms. The average molecular weight is 255 g/mol. The van der Waals surface area contributed by atoms with Gasteiger partial charge >= 0.3 is 5.97 Å². The second kappa shape index (κ2) is 5.02. The number of rotatable bonds is 3. The normalized spacial score (nSPS) is 22.1. The lowest BCUT2D eigenvalue weighted by atomic mass is 10.1. The number of aliphatic carboxylic acids is 1. The van der Waals surface area contributed by atoms with Crippen molar-refractivity contribution < 1.29 is 18.7 Å². The van der Waals surface area contributed by atoms with E-state index in [1.54, 1.807) is 0 Å². The molecule has 2 unspecified atom stereocenters. The molecule has 0 aliphatic carbocycles. The van der Waals surface area contributed by atoms with E-state index in [1.165, 1.54) is 6.07 Å². The van der Waals surface area contributed by atoms with Gasteiger partial charge in [0.05, 0.1) is 0 Å². The van der Waals surface area contributed by atoms with E-state index in [1.807, 2.05) is 11.8 Å². The molecular weight excluding hydrogens is 240 g/mol. The minimum Gasteiger partial charge on any atom is -0.480 e. The average Bonchev–Trinajstić information content (AvgIpc) is 2.81. The lowest BCUT2D eigenvalue weighted by Gasteiger charge is -2.28. The Labute approximate surface area is 104 Å². The van der Waals surface area contributed by atoms with E-state index in [0.717, 1.165) is 18.6 Å². The van der Waals surface area contributed by atoms with Crippen LogP contribution in [0.4, 0.5) is 8.78 Å². The van der Waals surface area contributed by atoms with Gasteiger partial charge < -0.3 is 5.11 Å². The molecule has 1 aliphatic rings. The molecule has 98 valence electrons. The molecule has 18 heavy (non-hydrogen) atoms. The summed E-state index contributed by atoms with van der Waals surface area (Å²) in [5.74, 6) is -2.64. The standard InChI is InChI=1S/C13H15F2NO2/c1-8(9-4-5-10(14)11(15)7-9)16-6-2-3-12(16)13(17)18/h4-5,7-8,12H,2-3,6H2,1H3,(H,17,18). The van der Waals surface area contributed by atoms with E-state index in [4.69, 9.17) is 5.11 Å². The van der Waals surface area contributed by atoms with Crippen molar-refractivity contribution in [2.75, 3.05) is 6.54 Å². The fourth-order valence-electron chi connectivity index (χ4n) is 2.48. The Morgan fingerprint density at radius 2 is 2.17 bits per heavy atom. The van der Waals surface area contributed by atoms with Gasteiger partial charge in [0, 0.05) is 6.04 Å². The van der Waals surface area contributed by atoms with Gasteiger partial charge in [0.1, 0.15) is 6.04 Å². The first-order valence-electron chi connectivity index (χ1n) is 5.94. The van der Waals surface area contributed by atoms with Crippen LogP contribution in [0.15, 0.2) is 18.2 Å². The van der Waals surface area contributed by atoms with E-state index in [2.05, 4.69) is 0 Å². The van der Waals surface area contributed by atoms with Crippen molar-refractivity contribution in [3.63, 3.8) is 0 Å². The highest BCUT2D eigenvalue weighted by atomic mass is 19.2. The summed E-state index contributed by atoms with van der Waals surface area (Å²) in [6, 6.07) is 2.95. The molecule has 1 N–H and O–H groups in total. The summed E-state index contributed by atoms with van der Waals surface area (Å²) in [5, 5.41) is 9.10. The van der Waals surface area contributed by atoms with E-state index in [-0.39, 0.29) is 6.04 Å². The molecule has 1 heterocycles. The summed E-state index contributed by atoms with van der Waals surface area (Å²) in [6.07, 6.45) is 1.41. The van der Waals surface area contributed by atoms with Crippen LogP contribution >= 0.6 is 0 Å². The molecule has 1 saturated heterocycles. The molecule has 0 aromatic heterocycles.